The van der Waals surface area contributed by atoms with Crippen LogP contribution in [0.2, 0.25) is 0 Å². The van der Waals surface area contributed by atoms with Gasteiger partial charge in [-0.25, -0.2) is 18.8 Å². The Bertz CT molecular complexity index is 2600. The fraction of sp³-hybridized carbons (Fsp3) is 0.286. The molecule has 1 amide bonds. The van der Waals surface area contributed by atoms with Crippen LogP contribution in [0.1, 0.15) is 54.7 Å². The summed E-state index contributed by atoms with van der Waals surface area (Å²) in [6.07, 6.45) is -13.5. The summed E-state index contributed by atoms with van der Waals surface area (Å²) < 4.78 is 74.1. The van der Waals surface area contributed by atoms with Gasteiger partial charge in [0.2, 0.25) is 12.3 Å². The first-order valence-electron chi connectivity index (χ1n) is 23.2. The predicted octanol–water partition coefficient (Wildman–Crippen LogP) is 7.99. The topological polar surface area (TPSA) is 163 Å². The highest BCUT2D eigenvalue weighted by Gasteiger charge is 2.56. The van der Waals surface area contributed by atoms with E-state index in [0.29, 0.717) is 0 Å². The molecule has 0 saturated carbocycles. The third kappa shape index (κ3) is 13.8. The maximum Gasteiger partial charge on any atom is 0.338 e. The predicted molar refractivity (Wildman–Crippen MR) is 255 cm³/mol. The van der Waals surface area contributed by atoms with E-state index in [1.54, 1.807) is 66.7 Å². The maximum atomic E-state index is 16.8. The van der Waals surface area contributed by atoms with E-state index in [-0.39, 0.29) is 43.1 Å². The van der Waals surface area contributed by atoms with Crippen molar-refractivity contribution in [1.29, 1.82) is 0 Å². The first-order valence-corrected chi connectivity index (χ1v) is 23.2. The van der Waals surface area contributed by atoms with Gasteiger partial charge in [-0.1, -0.05) is 146 Å². The van der Waals surface area contributed by atoms with Gasteiger partial charge in [0.25, 0.3) is 0 Å². The van der Waals surface area contributed by atoms with Gasteiger partial charge in [0.05, 0.1) is 43.1 Å². The molecule has 2 heterocycles. The lowest BCUT2D eigenvalue weighted by molar-refractivity contribution is -0.343. The van der Waals surface area contributed by atoms with E-state index < -0.39 is 91.8 Å². The van der Waals surface area contributed by atoms with Crippen LogP contribution in [0.4, 0.5) is 4.39 Å². The average Bonchev–Trinajstić information content (AvgIpc) is 3.40. The average molecular weight is 968 g/mol. The van der Waals surface area contributed by atoms with Crippen LogP contribution in [0, 0.1) is 0 Å². The maximum absolute atomic E-state index is 16.8. The van der Waals surface area contributed by atoms with Gasteiger partial charge in [0, 0.05) is 6.92 Å². The van der Waals surface area contributed by atoms with Gasteiger partial charge >= 0.3 is 17.9 Å². The number of halogens is 1. The number of esters is 3. The van der Waals surface area contributed by atoms with E-state index in [4.69, 9.17) is 42.6 Å². The van der Waals surface area contributed by atoms with E-state index in [0.717, 1.165) is 16.7 Å². The molecule has 2 saturated heterocycles. The van der Waals surface area contributed by atoms with Gasteiger partial charge in [-0.3, -0.25) is 4.79 Å². The zero-order valence-electron chi connectivity index (χ0n) is 38.8. The molecular weight excluding hydrogens is 914 g/mol. The minimum atomic E-state index is -2.06. The lowest BCUT2D eigenvalue weighted by atomic mass is 9.94. The molecule has 368 valence electrons. The quantitative estimate of drug-likeness (QED) is 0.0579. The van der Waals surface area contributed by atoms with Crippen molar-refractivity contribution in [2.75, 3.05) is 13.2 Å². The number of carbonyl (C=O) groups is 4. The molecule has 2 aliphatic rings. The van der Waals surface area contributed by atoms with Crippen LogP contribution in [0.3, 0.4) is 0 Å². The number of alkyl halides is 1. The highest BCUT2D eigenvalue weighted by atomic mass is 19.1. The molecule has 71 heavy (non-hydrogen) atoms. The van der Waals surface area contributed by atoms with E-state index in [9.17, 15) is 19.2 Å². The second-order valence-electron chi connectivity index (χ2n) is 16.9. The summed E-state index contributed by atoms with van der Waals surface area (Å²) in [6.45, 7) is 0.522. The second-order valence-corrected chi connectivity index (χ2v) is 16.9. The largest absolute Gasteiger partial charge is 0.459 e. The van der Waals surface area contributed by atoms with Gasteiger partial charge in [0.15, 0.2) is 18.5 Å². The first kappa shape index (κ1) is 50.3. The van der Waals surface area contributed by atoms with Crippen molar-refractivity contribution in [2.45, 2.75) is 88.2 Å². The van der Waals surface area contributed by atoms with Crippen LogP contribution in [0.25, 0.3) is 0 Å². The second kappa shape index (κ2) is 25.1. The van der Waals surface area contributed by atoms with Gasteiger partial charge in [-0.05, 0) is 53.1 Å². The van der Waals surface area contributed by atoms with Crippen molar-refractivity contribution in [2.24, 2.45) is 0 Å². The molecule has 6 aromatic rings. The van der Waals surface area contributed by atoms with Crippen molar-refractivity contribution >= 4 is 23.8 Å². The van der Waals surface area contributed by atoms with Crippen LogP contribution in [-0.2, 0) is 67.2 Å². The summed E-state index contributed by atoms with van der Waals surface area (Å²) in [5.74, 6) is -3.03. The molecule has 2 aliphatic heterocycles. The Balaban J connectivity index is 1.20. The molecule has 0 unspecified atom stereocenters. The standard InChI is InChI=1S/C56H54FNO13/c1-37(59)58-46-49(70-55(62)43-30-18-7-19-31-43)47(69-54(61)42-28-16-6-17-29-42)45(36-66-53(60)41-26-14-5-15-27-41)68-56(46)71-48-44(35-63-32-38-20-8-2-9-21-38)67-52(57)51(65-34-40-24-12-4-13-25-40)50(48)64-33-39-22-10-3-11-23-39/h2-31,44-52,56H,32-36H2,1H3,(H,58,59)/t44-,45-,46+,47-,48-,49-,50+,51-,52+,56+/m1/s1. The Labute approximate surface area is 410 Å². The van der Waals surface area contributed by atoms with E-state index >= 15 is 4.39 Å². The summed E-state index contributed by atoms with van der Waals surface area (Å²) in [5.41, 5.74) is 2.85. The van der Waals surface area contributed by atoms with E-state index in [2.05, 4.69) is 5.32 Å². The fourth-order valence-electron chi connectivity index (χ4n) is 8.26. The van der Waals surface area contributed by atoms with Crippen molar-refractivity contribution in [3.8, 4) is 0 Å². The molecule has 10 atom stereocenters. The molecule has 0 bridgehead atoms. The number of nitrogens with one attached hydrogen (secondary N) is 1. The first-order chi connectivity index (χ1) is 34.7. The summed E-state index contributed by atoms with van der Waals surface area (Å²) in [5, 5.41) is 2.82. The molecule has 0 aromatic heterocycles. The van der Waals surface area contributed by atoms with E-state index in [1.807, 2.05) is 91.0 Å². The molecule has 0 radical (unpaired) electrons. The van der Waals surface area contributed by atoms with Crippen LogP contribution in [0.15, 0.2) is 182 Å². The third-order valence-electron chi connectivity index (χ3n) is 11.7. The highest BCUT2D eigenvalue weighted by molar-refractivity contribution is 5.91. The molecule has 1 N–H and O–H groups in total. The Morgan fingerprint density at radius 3 is 1.39 bits per heavy atom. The SMILES string of the molecule is CC(=O)N[C@@H]1[C@H](O[C@H]2[C@H](OCc3ccccc3)[C@@H](OCc3ccccc3)[C@@H](F)O[C@@H]2COCc2ccccc2)O[C@H](COC(=O)c2ccccc2)[C@@H](OC(=O)c2ccccc2)[C@@H]1OC(=O)c1ccccc1. The lowest BCUT2D eigenvalue weighted by Crippen LogP contribution is -2.69. The minimum Gasteiger partial charge on any atom is -0.459 e. The number of rotatable bonds is 20. The Hall–Kier alpha value is -7.11. The number of hydrogen-bond acceptors (Lipinski definition) is 13. The van der Waals surface area contributed by atoms with Crippen LogP contribution in [-0.4, -0.2) is 98.4 Å². The molecule has 15 heteroatoms. The summed E-state index contributed by atoms with van der Waals surface area (Å²) in [6, 6.07) is 50.7. The number of hydrogen-bond donors (Lipinski definition) is 1. The third-order valence-corrected chi connectivity index (χ3v) is 11.7. The smallest absolute Gasteiger partial charge is 0.338 e. The number of amides is 1. The van der Waals surface area contributed by atoms with Crippen molar-refractivity contribution < 1.29 is 66.2 Å². The highest BCUT2D eigenvalue weighted by Crippen LogP contribution is 2.36. The molecule has 14 nitrogen and oxygen atoms in total. The van der Waals surface area contributed by atoms with Crippen LogP contribution in [0.5, 0.6) is 0 Å². The zero-order chi connectivity index (χ0) is 49.4. The molecule has 0 spiro atoms. The molecule has 2 fully saturated rings. The van der Waals surface area contributed by atoms with Crippen molar-refractivity contribution in [1.82, 2.24) is 5.32 Å². The van der Waals surface area contributed by atoms with Gasteiger partial charge in [-0.2, -0.15) is 0 Å². The van der Waals surface area contributed by atoms with Gasteiger partial charge < -0.3 is 47.9 Å². The summed E-state index contributed by atoms with van der Waals surface area (Å²) >= 11 is 0. The summed E-state index contributed by atoms with van der Waals surface area (Å²) in [7, 11) is 0. The monoisotopic (exact) mass is 967 g/mol. The molecule has 8 rings (SSSR count). The van der Waals surface area contributed by atoms with E-state index in [1.165, 1.54) is 31.2 Å². The number of benzene rings is 6. The van der Waals surface area contributed by atoms with Gasteiger partial charge in [-0.15, -0.1) is 0 Å². The van der Waals surface area contributed by atoms with Crippen LogP contribution < -0.4 is 5.32 Å². The Morgan fingerprint density at radius 2 is 0.901 bits per heavy atom. The molecule has 0 aliphatic carbocycles. The van der Waals surface area contributed by atoms with Crippen molar-refractivity contribution in [3.63, 3.8) is 0 Å². The lowest BCUT2D eigenvalue weighted by Gasteiger charge is -2.49. The fourth-order valence-corrected chi connectivity index (χ4v) is 8.26. The Kier molecular flexibility index (Phi) is 17.8. The minimum absolute atomic E-state index is 0.0194. The number of carbonyl (C=O) groups excluding carboxylic acids is 4. The molecular formula is C56H54FNO13. The normalized spacial score (nSPS) is 24.0. The zero-order valence-corrected chi connectivity index (χ0v) is 38.8. The Morgan fingerprint density at radius 1 is 0.479 bits per heavy atom. The number of ether oxygens (including phenoxy) is 9. The molecule has 6 aromatic carbocycles. The van der Waals surface area contributed by atoms with Crippen molar-refractivity contribution in [3.05, 3.63) is 215 Å². The summed E-state index contributed by atoms with van der Waals surface area (Å²) in [4.78, 5) is 55.1. The van der Waals surface area contributed by atoms with Crippen LogP contribution >= 0.6 is 0 Å². The van der Waals surface area contributed by atoms with Gasteiger partial charge in [0.1, 0.15) is 43.2 Å².